The van der Waals surface area contributed by atoms with Gasteiger partial charge in [0.1, 0.15) is 0 Å². The number of hydrogen-bond acceptors (Lipinski definition) is 5. The van der Waals surface area contributed by atoms with Gasteiger partial charge in [0.2, 0.25) is 0 Å². The van der Waals surface area contributed by atoms with Gasteiger partial charge in [0.15, 0.2) is 0 Å². The molecule has 0 amide bonds. The van der Waals surface area contributed by atoms with Crippen LogP contribution in [0, 0.1) is 6.92 Å². The summed E-state index contributed by atoms with van der Waals surface area (Å²) in [5.74, 6) is -0.164. The molecule has 84 valence electrons. The maximum absolute atomic E-state index is 10.9. The standard InChI is InChI=1S/C10H16N2O2S/c1-8-9(15-7-11-8)6-12(2)5-4-10(13)14-3/h7H,4-6H2,1-3H3. The van der Waals surface area contributed by atoms with E-state index in [-0.39, 0.29) is 5.97 Å². The Labute approximate surface area is 93.9 Å². The first kappa shape index (κ1) is 12.1. The molecule has 15 heavy (non-hydrogen) atoms. The minimum atomic E-state index is -0.164. The van der Waals surface area contributed by atoms with Gasteiger partial charge in [-0.25, -0.2) is 4.98 Å². The summed E-state index contributed by atoms with van der Waals surface area (Å²) in [7, 11) is 3.40. The van der Waals surface area contributed by atoms with Gasteiger partial charge in [-0.3, -0.25) is 4.79 Å². The molecule has 5 heteroatoms. The average molecular weight is 228 g/mol. The van der Waals surface area contributed by atoms with Crippen molar-refractivity contribution in [1.82, 2.24) is 9.88 Å². The second-order valence-corrected chi connectivity index (χ2v) is 4.36. The molecular formula is C10H16N2O2S. The SMILES string of the molecule is COC(=O)CCN(C)Cc1scnc1C. The van der Waals surface area contributed by atoms with Gasteiger partial charge < -0.3 is 9.64 Å². The largest absolute Gasteiger partial charge is 0.469 e. The van der Waals surface area contributed by atoms with Crippen molar-refractivity contribution < 1.29 is 9.53 Å². The Hall–Kier alpha value is -0.940. The molecule has 0 N–H and O–H groups in total. The second kappa shape index (κ2) is 5.82. The van der Waals surface area contributed by atoms with Crippen LogP contribution in [0.5, 0.6) is 0 Å². The van der Waals surface area contributed by atoms with Gasteiger partial charge in [-0.15, -0.1) is 11.3 Å². The number of carbonyl (C=O) groups is 1. The van der Waals surface area contributed by atoms with Gasteiger partial charge in [0, 0.05) is 18.0 Å². The number of rotatable bonds is 5. The van der Waals surface area contributed by atoms with Gasteiger partial charge in [-0.1, -0.05) is 0 Å². The highest BCUT2D eigenvalue weighted by Crippen LogP contribution is 2.14. The fourth-order valence-electron chi connectivity index (χ4n) is 1.19. The third-order valence-electron chi connectivity index (χ3n) is 2.18. The first-order valence-corrected chi connectivity index (χ1v) is 5.65. The van der Waals surface area contributed by atoms with E-state index in [1.165, 1.54) is 12.0 Å². The van der Waals surface area contributed by atoms with Crippen LogP contribution in [0.1, 0.15) is 17.0 Å². The van der Waals surface area contributed by atoms with Gasteiger partial charge in [0.05, 0.1) is 24.7 Å². The Kier molecular flexibility index (Phi) is 4.71. The molecule has 0 fully saturated rings. The molecule has 0 atom stereocenters. The van der Waals surface area contributed by atoms with Crippen LogP contribution in [0.4, 0.5) is 0 Å². The Morgan fingerprint density at radius 3 is 2.93 bits per heavy atom. The highest BCUT2D eigenvalue weighted by molar-refractivity contribution is 7.09. The zero-order valence-electron chi connectivity index (χ0n) is 9.32. The Bertz CT molecular complexity index is 325. The third kappa shape index (κ3) is 3.97. The van der Waals surface area contributed by atoms with E-state index in [0.29, 0.717) is 13.0 Å². The number of nitrogens with zero attached hydrogens (tertiary/aromatic N) is 2. The topological polar surface area (TPSA) is 42.4 Å². The fourth-order valence-corrected chi connectivity index (χ4v) is 2.04. The predicted octanol–water partition coefficient (Wildman–Crippen LogP) is 1.45. The number of aryl methyl sites for hydroxylation is 1. The van der Waals surface area contributed by atoms with E-state index in [1.807, 2.05) is 19.5 Å². The quantitative estimate of drug-likeness (QED) is 0.715. The molecule has 1 aromatic rings. The molecule has 0 saturated heterocycles. The van der Waals surface area contributed by atoms with Crippen molar-refractivity contribution in [2.24, 2.45) is 0 Å². The number of hydrogen-bond donors (Lipinski definition) is 0. The summed E-state index contributed by atoms with van der Waals surface area (Å²) in [6.07, 6.45) is 0.435. The summed E-state index contributed by atoms with van der Waals surface area (Å²) in [6.45, 7) is 3.55. The molecule has 1 rings (SSSR count). The van der Waals surface area contributed by atoms with Crippen LogP contribution in [0.25, 0.3) is 0 Å². The normalized spacial score (nSPS) is 10.7. The Morgan fingerprint density at radius 2 is 2.40 bits per heavy atom. The lowest BCUT2D eigenvalue weighted by Crippen LogP contribution is -2.21. The zero-order chi connectivity index (χ0) is 11.3. The maximum atomic E-state index is 10.9. The average Bonchev–Trinajstić information content (AvgIpc) is 2.61. The molecule has 1 aromatic heterocycles. The molecule has 0 aliphatic rings. The van der Waals surface area contributed by atoms with Crippen molar-refractivity contribution in [3.63, 3.8) is 0 Å². The summed E-state index contributed by atoms with van der Waals surface area (Å²) in [4.78, 5) is 18.5. The fraction of sp³-hybridized carbons (Fsp3) is 0.600. The van der Waals surface area contributed by atoms with Crippen LogP contribution in [-0.4, -0.2) is 36.6 Å². The van der Waals surface area contributed by atoms with E-state index in [0.717, 1.165) is 12.2 Å². The number of methoxy groups -OCH3 is 1. The highest BCUT2D eigenvalue weighted by Gasteiger charge is 2.07. The third-order valence-corrected chi connectivity index (χ3v) is 3.10. The first-order chi connectivity index (χ1) is 7.13. The van der Waals surface area contributed by atoms with E-state index in [2.05, 4.69) is 14.6 Å². The van der Waals surface area contributed by atoms with E-state index >= 15 is 0 Å². The van der Waals surface area contributed by atoms with Crippen molar-refractivity contribution in [3.05, 3.63) is 16.1 Å². The number of aromatic nitrogens is 1. The minimum absolute atomic E-state index is 0.164. The molecule has 0 bridgehead atoms. The lowest BCUT2D eigenvalue weighted by molar-refractivity contribution is -0.140. The van der Waals surface area contributed by atoms with Crippen LogP contribution < -0.4 is 0 Å². The highest BCUT2D eigenvalue weighted by atomic mass is 32.1. The summed E-state index contributed by atoms with van der Waals surface area (Å²) < 4.78 is 4.58. The van der Waals surface area contributed by atoms with E-state index < -0.39 is 0 Å². The van der Waals surface area contributed by atoms with Crippen molar-refractivity contribution >= 4 is 17.3 Å². The smallest absolute Gasteiger partial charge is 0.306 e. The van der Waals surface area contributed by atoms with E-state index in [1.54, 1.807) is 11.3 Å². The second-order valence-electron chi connectivity index (χ2n) is 3.42. The van der Waals surface area contributed by atoms with Crippen LogP contribution >= 0.6 is 11.3 Å². The van der Waals surface area contributed by atoms with Crippen LogP contribution in [0.3, 0.4) is 0 Å². The van der Waals surface area contributed by atoms with Gasteiger partial charge in [0.25, 0.3) is 0 Å². The lowest BCUT2D eigenvalue weighted by atomic mass is 10.3. The summed E-state index contributed by atoms with van der Waals surface area (Å²) >= 11 is 1.65. The molecule has 4 nitrogen and oxygen atoms in total. The van der Waals surface area contributed by atoms with Crippen LogP contribution in [0.15, 0.2) is 5.51 Å². The number of esters is 1. The number of thiazole rings is 1. The minimum Gasteiger partial charge on any atom is -0.469 e. The van der Waals surface area contributed by atoms with Gasteiger partial charge >= 0.3 is 5.97 Å². The summed E-state index contributed by atoms with van der Waals surface area (Å²) in [5.41, 5.74) is 2.92. The van der Waals surface area contributed by atoms with Crippen molar-refractivity contribution in [2.45, 2.75) is 19.9 Å². The molecule has 0 aromatic carbocycles. The number of carbonyl (C=O) groups excluding carboxylic acids is 1. The lowest BCUT2D eigenvalue weighted by Gasteiger charge is -2.14. The van der Waals surface area contributed by atoms with Crippen LogP contribution in [-0.2, 0) is 16.1 Å². The Morgan fingerprint density at radius 1 is 1.67 bits per heavy atom. The molecule has 0 aliphatic carbocycles. The zero-order valence-corrected chi connectivity index (χ0v) is 10.1. The van der Waals surface area contributed by atoms with Gasteiger partial charge in [-0.2, -0.15) is 0 Å². The Balaban J connectivity index is 2.33. The van der Waals surface area contributed by atoms with Gasteiger partial charge in [-0.05, 0) is 14.0 Å². The molecule has 0 radical (unpaired) electrons. The molecule has 0 saturated carbocycles. The molecule has 0 unspecified atom stereocenters. The predicted molar refractivity (Wildman–Crippen MR) is 59.8 cm³/mol. The van der Waals surface area contributed by atoms with Crippen molar-refractivity contribution in [2.75, 3.05) is 20.7 Å². The monoisotopic (exact) mass is 228 g/mol. The van der Waals surface area contributed by atoms with Crippen LogP contribution in [0.2, 0.25) is 0 Å². The molecule has 0 aliphatic heterocycles. The van der Waals surface area contributed by atoms with E-state index in [4.69, 9.17) is 0 Å². The van der Waals surface area contributed by atoms with Crippen molar-refractivity contribution in [3.8, 4) is 0 Å². The summed E-state index contributed by atoms with van der Waals surface area (Å²) in [5, 5.41) is 0. The molecule has 0 spiro atoms. The first-order valence-electron chi connectivity index (χ1n) is 4.77. The maximum Gasteiger partial charge on any atom is 0.306 e. The molecule has 1 heterocycles. The summed E-state index contributed by atoms with van der Waals surface area (Å²) in [6, 6.07) is 0. The molecular weight excluding hydrogens is 212 g/mol. The van der Waals surface area contributed by atoms with E-state index in [9.17, 15) is 4.79 Å². The van der Waals surface area contributed by atoms with Crippen molar-refractivity contribution in [1.29, 1.82) is 0 Å². The number of ether oxygens (including phenoxy) is 1.